The van der Waals surface area contributed by atoms with Crippen molar-refractivity contribution in [2.45, 2.75) is 0 Å². The third-order valence-electron chi connectivity index (χ3n) is 5.65. The van der Waals surface area contributed by atoms with Crippen LogP contribution in [-0.4, -0.2) is 45.0 Å². The zero-order chi connectivity index (χ0) is 27.4. The van der Waals surface area contributed by atoms with Crippen LogP contribution < -0.4 is 25.0 Å². The molecule has 0 saturated heterocycles. The van der Waals surface area contributed by atoms with Crippen LogP contribution in [0.2, 0.25) is 0 Å². The van der Waals surface area contributed by atoms with Crippen molar-refractivity contribution < 1.29 is 33.4 Å². The number of anilines is 3. The molecule has 3 aromatic rings. The Morgan fingerprint density at radius 2 is 1.47 bits per heavy atom. The Bertz CT molecular complexity index is 1450. The van der Waals surface area contributed by atoms with Gasteiger partial charge in [-0.25, -0.2) is 9.69 Å². The van der Waals surface area contributed by atoms with Crippen molar-refractivity contribution >= 4 is 52.4 Å². The standard InChI is InChI=1S/C27H22ClN3O7/c1-36-19-12-13-21(37-2)20(14-19)30-24(32)15-4-8-17(9-5-15)29-23-22(28)25(33)31(26(23)34)18-10-6-16(7-11-18)27(35)38-3/h4-14,29H,1-3H3,(H,30,32). The largest absolute Gasteiger partial charge is 0.497 e. The van der Waals surface area contributed by atoms with Gasteiger partial charge in [-0.1, -0.05) is 11.6 Å². The van der Waals surface area contributed by atoms with Crippen molar-refractivity contribution in [3.8, 4) is 11.5 Å². The van der Waals surface area contributed by atoms with E-state index in [1.54, 1.807) is 42.5 Å². The predicted molar refractivity (Wildman–Crippen MR) is 141 cm³/mol. The van der Waals surface area contributed by atoms with Crippen molar-refractivity contribution in [1.29, 1.82) is 0 Å². The quantitative estimate of drug-likeness (QED) is 0.325. The van der Waals surface area contributed by atoms with Crippen molar-refractivity contribution in [2.75, 3.05) is 36.9 Å². The number of ether oxygens (including phenoxy) is 3. The van der Waals surface area contributed by atoms with E-state index in [0.717, 1.165) is 4.90 Å². The van der Waals surface area contributed by atoms with E-state index in [2.05, 4.69) is 15.4 Å². The van der Waals surface area contributed by atoms with Crippen LogP contribution in [0.1, 0.15) is 20.7 Å². The molecule has 3 amide bonds. The van der Waals surface area contributed by atoms with Gasteiger partial charge in [-0.2, -0.15) is 0 Å². The smallest absolute Gasteiger partial charge is 0.337 e. The third kappa shape index (κ3) is 5.16. The molecule has 0 radical (unpaired) electrons. The molecule has 1 heterocycles. The van der Waals surface area contributed by atoms with Gasteiger partial charge >= 0.3 is 5.97 Å². The minimum absolute atomic E-state index is 0.118. The summed E-state index contributed by atoms with van der Waals surface area (Å²) in [4.78, 5) is 51.1. The lowest BCUT2D eigenvalue weighted by molar-refractivity contribution is -0.120. The van der Waals surface area contributed by atoms with Gasteiger partial charge in [0.1, 0.15) is 22.2 Å². The number of carbonyl (C=O) groups excluding carboxylic acids is 4. The zero-order valence-corrected chi connectivity index (χ0v) is 21.3. The van der Waals surface area contributed by atoms with Gasteiger partial charge in [0.2, 0.25) is 0 Å². The first-order valence-electron chi connectivity index (χ1n) is 11.1. The van der Waals surface area contributed by atoms with Crippen LogP contribution in [0.4, 0.5) is 17.1 Å². The van der Waals surface area contributed by atoms with E-state index >= 15 is 0 Å². The Kier molecular flexibility index (Phi) is 7.63. The number of nitrogens with one attached hydrogen (secondary N) is 2. The minimum Gasteiger partial charge on any atom is -0.497 e. The van der Waals surface area contributed by atoms with Gasteiger partial charge in [0.05, 0.1) is 38.3 Å². The van der Waals surface area contributed by atoms with Crippen LogP contribution in [0.25, 0.3) is 0 Å². The van der Waals surface area contributed by atoms with Crippen LogP contribution in [0.15, 0.2) is 77.5 Å². The lowest BCUT2D eigenvalue weighted by Gasteiger charge is -2.15. The topological polar surface area (TPSA) is 123 Å². The number of hydrogen-bond acceptors (Lipinski definition) is 8. The SMILES string of the molecule is COC(=O)c1ccc(N2C(=O)C(Cl)=C(Nc3ccc(C(=O)Nc4cc(OC)ccc4OC)cc3)C2=O)cc1. The predicted octanol–water partition coefficient (Wildman–Crippen LogP) is 4.18. The summed E-state index contributed by atoms with van der Waals surface area (Å²) in [5.41, 5.74) is 1.58. The molecule has 0 saturated carbocycles. The highest BCUT2D eigenvalue weighted by Gasteiger charge is 2.39. The van der Waals surface area contributed by atoms with E-state index in [0.29, 0.717) is 28.4 Å². The Morgan fingerprint density at radius 3 is 2.08 bits per heavy atom. The fourth-order valence-electron chi connectivity index (χ4n) is 3.67. The molecule has 10 nitrogen and oxygen atoms in total. The molecule has 3 aromatic carbocycles. The summed E-state index contributed by atoms with van der Waals surface area (Å²) in [7, 11) is 4.26. The van der Waals surface area contributed by atoms with Gasteiger partial charge < -0.3 is 24.8 Å². The molecule has 2 N–H and O–H groups in total. The Morgan fingerprint density at radius 1 is 0.816 bits per heavy atom. The average molecular weight is 536 g/mol. The highest BCUT2D eigenvalue weighted by Crippen LogP contribution is 2.31. The molecule has 0 fully saturated rings. The number of imide groups is 1. The summed E-state index contributed by atoms with van der Waals surface area (Å²) in [6.07, 6.45) is 0. The Hall–Kier alpha value is -4.83. The Balaban J connectivity index is 1.47. The van der Waals surface area contributed by atoms with E-state index in [1.807, 2.05) is 0 Å². The molecule has 0 aromatic heterocycles. The maximum atomic E-state index is 13.0. The lowest BCUT2D eigenvalue weighted by atomic mass is 10.1. The van der Waals surface area contributed by atoms with E-state index in [4.69, 9.17) is 21.1 Å². The van der Waals surface area contributed by atoms with Crippen LogP contribution in [-0.2, 0) is 14.3 Å². The highest BCUT2D eigenvalue weighted by molar-refractivity contribution is 6.53. The molecule has 1 aliphatic rings. The second kappa shape index (κ2) is 11.1. The number of nitrogens with zero attached hydrogens (tertiary/aromatic N) is 1. The number of amides is 3. The molecule has 0 spiro atoms. The first kappa shape index (κ1) is 26.2. The van der Waals surface area contributed by atoms with Crippen molar-refractivity contribution in [2.24, 2.45) is 0 Å². The Labute approximate surface area is 222 Å². The summed E-state index contributed by atoms with van der Waals surface area (Å²) in [6.45, 7) is 0. The van der Waals surface area contributed by atoms with Crippen molar-refractivity contribution in [3.05, 3.63) is 88.6 Å². The van der Waals surface area contributed by atoms with Crippen molar-refractivity contribution in [1.82, 2.24) is 0 Å². The molecule has 0 unspecified atom stereocenters. The first-order chi connectivity index (χ1) is 18.3. The second-order valence-electron chi connectivity index (χ2n) is 7.90. The number of esters is 1. The zero-order valence-electron chi connectivity index (χ0n) is 20.5. The normalized spacial score (nSPS) is 12.9. The van der Waals surface area contributed by atoms with Gasteiger partial charge in [0.25, 0.3) is 17.7 Å². The van der Waals surface area contributed by atoms with Crippen LogP contribution in [0.5, 0.6) is 11.5 Å². The fourth-order valence-corrected chi connectivity index (χ4v) is 3.88. The summed E-state index contributed by atoms with van der Waals surface area (Å²) in [6, 6.07) is 17.0. The molecule has 194 valence electrons. The number of halogens is 1. The number of methoxy groups -OCH3 is 3. The molecular weight excluding hydrogens is 514 g/mol. The molecule has 1 aliphatic heterocycles. The van der Waals surface area contributed by atoms with Crippen LogP contribution in [0, 0.1) is 0 Å². The van der Waals surface area contributed by atoms with Crippen molar-refractivity contribution in [3.63, 3.8) is 0 Å². The molecule has 11 heteroatoms. The van der Waals surface area contributed by atoms with Gasteiger partial charge in [-0.05, 0) is 60.7 Å². The third-order valence-corrected chi connectivity index (χ3v) is 6.00. The molecule has 0 aliphatic carbocycles. The molecule has 38 heavy (non-hydrogen) atoms. The maximum Gasteiger partial charge on any atom is 0.337 e. The van der Waals surface area contributed by atoms with Gasteiger partial charge in [-0.15, -0.1) is 0 Å². The van der Waals surface area contributed by atoms with E-state index < -0.39 is 23.7 Å². The van der Waals surface area contributed by atoms with Crippen LogP contribution >= 0.6 is 11.6 Å². The highest BCUT2D eigenvalue weighted by atomic mass is 35.5. The first-order valence-corrected chi connectivity index (χ1v) is 11.5. The molecular formula is C27H22ClN3O7. The second-order valence-corrected chi connectivity index (χ2v) is 8.27. The molecule has 4 rings (SSSR count). The van der Waals surface area contributed by atoms with Gasteiger partial charge in [0.15, 0.2) is 0 Å². The lowest BCUT2D eigenvalue weighted by Crippen LogP contribution is -2.32. The average Bonchev–Trinajstić information content (AvgIpc) is 3.15. The number of rotatable bonds is 8. The van der Waals surface area contributed by atoms with E-state index in [1.165, 1.54) is 45.6 Å². The number of hydrogen-bond donors (Lipinski definition) is 2. The van der Waals surface area contributed by atoms with Gasteiger partial charge in [0, 0.05) is 17.3 Å². The maximum absolute atomic E-state index is 13.0. The minimum atomic E-state index is -0.715. The van der Waals surface area contributed by atoms with Crippen LogP contribution in [0.3, 0.4) is 0 Å². The monoisotopic (exact) mass is 535 g/mol. The summed E-state index contributed by atoms with van der Waals surface area (Å²) in [5, 5.41) is 5.33. The van der Waals surface area contributed by atoms with E-state index in [-0.39, 0.29) is 22.0 Å². The molecule has 0 atom stereocenters. The summed E-state index contributed by atoms with van der Waals surface area (Å²) < 4.78 is 15.1. The summed E-state index contributed by atoms with van der Waals surface area (Å²) >= 11 is 6.19. The fraction of sp³-hybridized carbons (Fsp3) is 0.111. The number of benzene rings is 3. The van der Waals surface area contributed by atoms with Gasteiger partial charge in [-0.3, -0.25) is 14.4 Å². The molecule has 0 bridgehead atoms. The van der Waals surface area contributed by atoms with E-state index in [9.17, 15) is 19.2 Å². The number of carbonyl (C=O) groups is 4. The summed E-state index contributed by atoms with van der Waals surface area (Å²) in [5.74, 6) is -1.31.